The van der Waals surface area contributed by atoms with Crippen LogP contribution in [0.25, 0.3) is 11.3 Å². The van der Waals surface area contributed by atoms with Crippen molar-refractivity contribution < 1.29 is 9.53 Å². The van der Waals surface area contributed by atoms with Crippen LogP contribution in [0.2, 0.25) is 0 Å². The molecule has 6 heteroatoms. The lowest BCUT2D eigenvalue weighted by atomic mass is 10.1. The van der Waals surface area contributed by atoms with Gasteiger partial charge in [0.05, 0.1) is 19.0 Å². The molecule has 132 valence electrons. The number of hydrogen-bond donors (Lipinski definition) is 2. The summed E-state index contributed by atoms with van der Waals surface area (Å²) in [6, 6.07) is 17.2. The van der Waals surface area contributed by atoms with Gasteiger partial charge in [0.25, 0.3) is 5.91 Å². The van der Waals surface area contributed by atoms with Gasteiger partial charge < -0.3 is 4.74 Å². The van der Waals surface area contributed by atoms with E-state index in [0.29, 0.717) is 17.1 Å². The van der Waals surface area contributed by atoms with Crippen molar-refractivity contribution in [2.24, 2.45) is 5.10 Å². The van der Waals surface area contributed by atoms with Gasteiger partial charge in [-0.1, -0.05) is 43.3 Å². The molecule has 26 heavy (non-hydrogen) atoms. The quantitative estimate of drug-likeness (QED) is 0.529. The van der Waals surface area contributed by atoms with E-state index in [0.717, 1.165) is 17.5 Å². The number of aromatic amines is 1. The topological polar surface area (TPSA) is 79.4 Å². The second-order valence-corrected chi connectivity index (χ2v) is 5.66. The summed E-state index contributed by atoms with van der Waals surface area (Å²) in [5.74, 6) is 0.324. The maximum absolute atomic E-state index is 12.2. The number of methoxy groups -OCH3 is 1. The first-order valence-corrected chi connectivity index (χ1v) is 8.32. The van der Waals surface area contributed by atoms with E-state index >= 15 is 0 Å². The third kappa shape index (κ3) is 3.97. The molecule has 1 aromatic heterocycles. The van der Waals surface area contributed by atoms with Crippen LogP contribution in [0.5, 0.6) is 5.75 Å². The van der Waals surface area contributed by atoms with Crippen molar-refractivity contribution in [1.82, 2.24) is 15.6 Å². The molecule has 3 aromatic rings. The summed E-state index contributed by atoms with van der Waals surface area (Å²) in [6.45, 7) is 2.11. The van der Waals surface area contributed by atoms with E-state index in [1.807, 2.05) is 36.4 Å². The molecule has 1 heterocycles. The molecule has 0 fully saturated rings. The average molecular weight is 348 g/mol. The Morgan fingerprint density at radius 1 is 1.23 bits per heavy atom. The van der Waals surface area contributed by atoms with Gasteiger partial charge in [-0.25, -0.2) is 5.43 Å². The van der Waals surface area contributed by atoms with Crippen molar-refractivity contribution >= 4 is 12.1 Å². The number of H-pyrrole nitrogens is 1. The number of hydrogen-bond acceptors (Lipinski definition) is 4. The molecule has 0 unspecified atom stereocenters. The fraction of sp³-hybridized carbons (Fsp3) is 0.150. The van der Waals surface area contributed by atoms with E-state index in [1.165, 1.54) is 11.8 Å². The van der Waals surface area contributed by atoms with Gasteiger partial charge in [0, 0.05) is 11.1 Å². The number of carbonyl (C=O) groups is 1. The molecule has 0 aliphatic carbocycles. The summed E-state index contributed by atoms with van der Waals surface area (Å²) in [4.78, 5) is 12.2. The predicted octanol–water partition coefficient (Wildman–Crippen LogP) is 3.41. The fourth-order valence-electron chi connectivity index (χ4n) is 2.49. The van der Waals surface area contributed by atoms with E-state index in [-0.39, 0.29) is 5.91 Å². The van der Waals surface area contributed by atoms with Gasteiger partial charge in [0.15, 0.2) is 0 Å². The number of benzene rings is 2. The van der Waals surface area contributed by atoms with Crippen LogP contribution in [0.3, 0.4) is 0 Å². The summed E-state index contributed by atoms with van der Waals surface area (Å²) in [6.07, 6.45) is 2.52. The Morgan fingerprint density at radius 3 is 2.73 bits per heavy atom. The highest BCUT2D eigenvalue weighted by Gasteiger charge is 2.10. The molecule has 0 atom stereocenters. The minimum absolute atomic E-state index is 0.344. The van der Waals surface area contributed by atoms with E-state index in [2.05, 4.69) is 39.8 Å². The Hall–Kier alpha value is -3.41. The van der Waals surface area contributed by atoms with Crippen molar-refractivity contribution in [2.75, 3.05) is 7.11 Å². The largest absolute Gasteiger partial charge is 0.496 e. The van der Waals surface area contributed by atoms with Crippen LogP contribution in [-0.4, -0.2) is 29.4 Å². The van der Waals surface area contributed by atoms with Crippen LogP contribution in [-0.2, 0) is 6.42 Å². The first-order valence-electron chi connectivity index (χ1n) is 8.32. The number of rotatable bonds is 6. The summed E-state index contributed by atoms with van der Waals surface area (Å²) >= 11 is 0. The molecule has 0 spiro atoms. The summed E-state index contributed by atoms with van der Waals surface area (Å²) in [5, 5.41) is 10.9. The van der Waals surface area contributed by atoms with E-state index in [1.54, 1.807) is 13.2 Å². The monoisotopic (exact) mass is 348 g/mol. The summed E-state index contributed by atoms with van der Waals surface area (Å²) in [5.41, 5.74) is 6.53. The van der Waals surface area contributed by atoms with Crippen LogP contribution in [0.15, 0.2) is 59.7 Å². The number of nitrogens with zero attached hydrogens (tertiary/aromatic N) is 2. The number of aromatic nitrogens is 2. The van der Waals surface area contributed by atoms with Gasteiger partial charge in [-0.05, 0) is 30.2 Å². The molecular weight excluding hydrogens is 328 g/mol. The van der Waals surface area contributed by atoms with Crippen molar-refractivity contribution in [2.45, 2.75) is 13.3 Å². The first-order chi connectivity index (χ1) is 12.7. The lowest BCUT2D eigenvalue weighted by molar-refractivity contribution is 0.0950. The van der Waals surface area contributed by atoms with E-state index < -0.39 is 0 Å². The zero-order valence-corrected chi connectivity index (χ0v) is 14.7. The van der Waals surface area contributed by atoms with Gasteiger partial charge in [-0.15, -0.1) is 0 Å². The number of carbonyl (C=O) groups excluding carboxylic acids is 1. The highest BCUT2D eigenvalue weighted by molar-refractivity contribution is 5.94. The minimum atomic E-state index is -0.361. The van der Waals surface area contributed by atoms with Crippen molar-refractivity contribution in [1.29, 1.82) is 0 Å². The number of aryl methyl sites for hydroxylation is 1. The van der Waals surface area contributed by atoms with Crippen molar-refractivity contribution in [3.8, 4) is 17.0 Å². The Balaban J connectivity index is 1.67. The average Bonchev–Trinajstić information content (AvgIpc) is 3.18. The van der Waals surface area contributed by atoms with Gasteiger partial charge >= 0.3 is 0 Å². The second kappa shape index (κ2) is 8.11. The fourth-order valence-corrected chi connectivity index (χ4v) is 2.49. The molecule has 2 N–H and O–H groups in total. The van der Waals surface area contributed by atoms with Gasteiger partial charge in [0.1, 0.15) is 11.4 Å². The van der Waals surface area contributed by atoms with E-state index in [4.69, 9.17) is 4.74 Å². The smallest absolute Gasteiger partial charge is 0.289 e. The van der Waals surface area contributed by atoms with Crippen LogP contribution < -0.4 is 10.2 Å². The molecular formula is C20H20N4O2. The highest BCUT2D eigenvalue weighted by atomic mass is 16.5. The molecule has 1 amide bonds. The SMILES string of the molecule is CCc1ccc(-c2cc(C(=O)N/N=C/c3ccccc3OC)[nH]n2)cc1. The van der Waals surface area contributed by atoms with Crippen LogP contribution in [0.4, 0.5) is 0 Å². The Kier molecular flexibility index (Phi) is 5.43. The Labute approximate surface area is 151 Å². The number of hydrazone groups is 1. The van der Waals surface area contributed by atoms with E-state index in [9.17, 15) is 4.79 Å². The third-order valence-corrected chi connectivity index (χ3v) is 3.99. The zero-order chi connectivity index (χ0) is 18.4. The summed E-state index contributed by atoms with van der Waals surface area (Å²) in [7, 11) is 1.59. The van der Waals surface area contributed by atoms with Crippen molar-refractivity contribution in [3.63, 3.8) is 0 Å². The van der Waals surface area contributed by atoms with Gasteiger partial charge in [0.2, 0.25) is 0 Å². The maximum Gasteiger partial charge on any atom is 0.289 e. The Morgan fingerprint density at radius 2 is 2.00 bits per heavy atom. The highest BCUT2D eigenvalue weighted by Crippen LogP contribution is 2.18. The molecule has 6 nitrogen and oxygen atoms in total. The molecule has 0 aliphatic heterocycles. The number of nitrogens with one attached hydrogen (secondary N) is 2. The number of ether oxygens (including phenoxy) is 1. The van der Waals surface area contributed by atoms with Crippen LogP contribution >= 0.6 is 0 Å². The predicted molar refractivity (Wildman–Crippen MR) is 101 cm³/mol. The Bertz CT molecular complexity index is 914. The number of para-hydroxylation sites is 1. The second-order valence-electron chi connectivity index (χ2n) is 5.66. The first kappa shape index (κ1) is 17.4. The lowest BCUT2D eigenvalue weighted by Gasteiger charge is -2.02. The standard InChI is InChI=1S/C20H20N4O2/c1-3-14-8-10-15(11-9-14)17-12-18(23-22-17)20(25)24-21-13-16-6-4-5-7-19(16)26-2/h4-13H,3H2,1-2H3,(H,22,23)(H,24,25)/b21-13+. The molecule has 0 aliphatic rings. The van der Waals surface area contributed by atoms with Crippen LogP contribution in [0, 0.1) is 0 Å². The van der Waals surface area contributed by atoms with Gasteiger partial charge in [-0.2, -0.15) is 10.2 Å². The molecule has 2 aromatic carbocycles. The lowest BCUT2D eigenvalue weighted by Crippen LogP contribution is -2.18. The normalized spacial score (nSPS) is 10.8. The molecule has 0 saturated carbocycles. The van der Waals surface area contributed by atoms with Crippen molar-refractivity contribution in [3.05, 3.63) is 71.4 Å². The number of amides is 1. The summed E-state index contributed by atoms with van der Waals surface area (Å²) < 4.78 is 5.24. The zero-order valence-electron chi connectivity index (χ0n) is 14.7. The maximum atomic E-state index is 12.2. The molecule has 0 radical (unpaired) electrons. The molecule has 0 saturated heterocycles. The van der Waals surface area contributed by atoms with Crippen LogP contribution in [0.1, 0.15) is 28.5 Å². The minimum Gasteiger partial charge on any atom is -0.496 e. The molecule has 0 bridgehead atoms. The third-order valence-electron chi connectivity index (χ3n) is 3.99. The van der Waals surface area contributed by atoms with Gasteiger partial charge in [-0.3, -0.25) is 9.89 Å². The molecule has 3 rings (SSSR count).